The first-order valence-electron chi connectivity index (χ1n) is 7.49. The van der Waals surface area contributed by atoms with Gasteiger partial charge in [0.1, 0.15) is 11.0 Å². The molecule has 0 fully saturated rings. The summed E-state index contributed by atoms with van der Waals surface area (Å²) in [6.45, 7) is 0. The lowest BCUT2D eigenvalue weighted by atomic mass is 10.2. The number of benzene rings is 2. The number of nitrogens with two attached hydrogens (primary N) is 1. The molecular formula is C19H19Br2ClN4O. The van der Waals surface area contributed by atoms with Gasteiger partial charge in [-0.05, 0) is 53.2 Å². The molecule has 0 unspecified atom stereocenters. The van der Waals surface area contributed by atoms with Gasteiger partial charge in [0.2, 0.25) is 0 Å². The highest BCUT2D eigenvalue weighted by Crippen LogP contribution is 2.24. The van der Waals surface area contributed by atoms with E-state index in [1.165, 1.54) is 0 Å². The van der Waals surface area contributed by atoms with Gasteiger partial charge in [-0.15, -0.1) is 0 Å². The molecule has 0 aliphatic heterocycles. The van der Waals surface area contributed by atoms with Crippen LogP contribution in [0.5, 0.6) is 0 Å². The number of hydrogen-bond donors (Lipinski definition) is 3. The summed E-state index contributed by atoms with van der Waals surface area (Å²) < 4.78 is 2.11. The van der Waals surface area contributed by atoms with Crippen LogP contribution in [-0.2, 0) is 0 Å². The van der Waals surface area contributed by atoms with E-state index in [2.05, 4.69) is 41.8 Å². The Balaban J connectivity index is 0.000000239. The van der Waals surface area contributed by atoms with Gasteiger partial charge in [-0.25, -0.2) is 9.97 Å². The molecule has 0 saturated heterocycles. The fourth-order valence-corrected chi connectivity index (χ4v) is 3.27. The molecule has 27 heavy (non-hydrogen) atoms. The molecule has 0 amide bonds. The molecule has 142 valence electrons. The molecule has 2 aromatic heterocycles. The van der Waals surface area contributed by atoms with Gasteiger partial charge >= 0.3 is 0 Å². The number of aromatic nitrogens is 2. The SMILES string of the molecule is CO.Clc1nccc2cc(Br)ccc12.N.Nc1nccc2cc(Br)ccc12. The van der Waals surface area contributed by atoms with Crippen LogP contribution in [0, 0.1) is 0 Å². The number of pyridine rings is 2. The van der Waals surface area contributed by atoms with Crippen LogP contribution in [0.2, 0.25) is 5.15 Å². The summed E-state index contributed by atoms with van der Waals surface area (Å²) in [6, 6.07) is 15.7. The first-order chi connectivity index (χ1) is 12.5. The van der Waals surface area contributed by atoms with E-state index in [0.29, 0.717) is 11.0 Å². The maximum absolute atomic E-state index is 7.00. The highest BCUT2D eigenvalue weighted by atomic mass is 79.9. The predicted octanol–water partition coefficient (Wildman–Crippen LogP) is 6.00. The quantitative estimate of drug-likeness (QED) is 0.250. The van der Waals surface area contributed by atoms with E-state index in [0.717, 1.165) is 37.6 Å². The van der Waals surface area contributed by atoms with Crippen LogP contribution >= 0.6 is 43.5 Å². The third kappa shape index (κ3) is 6.12. The minimum atomic E-state index is 0. The first kappa shape index (κ1) is 23.3. The first-order valence-corrected chi connectivity index (χ1v) is 9.45. The van der Waals surface area contributed by atoms with E-state index < -0.39 is 0 Å². The van der Waals surface area contributed by atoms with Gasteiger partial charge in [0.05, 0.1) is 0 Å². The molecule has 0 spiro atoms. The van der Waals surface area contributed by atoms with Crippen molar-refractivity contribution in [3.8, 4) is 0 Å². The normalized spacial score (nSPS) is 9.52. The van der Waals surface area contributed by atoms with Crippen molar-refractivity contribution >= 4 is 70.8 Å². The van der Waals surface area contributed by atoms with E-state index in [1.54, 1.807) is 12.4 Å². The van der Waals surface area contributed by atoms with Gasteiger partial charge in [0.25, 0.3) is 0 Å². The second-order valence-electron chi connectivity index (χ2n) is 5.03. The van der Waals surface area contributed by atoms with Crippen molar-refractivity contribution in [1.29, 1.82) is 0 Å². The van der Waals surface area contributed by atoms with Crippen LogP contribution in [0.25, 0.3) is 21.5 Å². The van der Waals surface area contributed by atoms with E-state index in [9.17, 15) is 0 Å². The van der Waals surface area contributed by atoms with Gasteiger partial charge in [-0.3, -0.25) is 0 Å². The molecule has 2 aromatic carbocycles. The highest BCUT2D eigenvalue weighted by Gasteiger charge is 1.99. The van der Waals surface area contributed by atoms with Crippen LogP contribution in [0.1, 0.15) is 0 Å². The van der Waals surface area contributed by atoms with Crippen molar-refractivity contribution in [3.05, 3.63) is 75.0 Å². The molecule has 0 aliphatic rings. The number of rotatable bonds is 0. The lowest BCUT2D eigenvalue weighted by Gasteiger charge is -1.99. The number of nitrogens with zero attached hydrogens (tertiary/aromatic N) is 2. The van der Waals surface area contributed by atoms with Gasteiger partial charge in [0, 0.05) is 39.2 Å². The Morgan fingerprint density at radius 1 is 0.815 bits per heavy atom. The molecule has 4 rings (SSSR count). The summed E-state index contributed by atoms with van der Waals surface area (Å²) in [6.07, 6.45) is 3.42. The molecule has 0 atom stereocenters. The summed E-state index contributed by atoms with van der Waals surface area (Å²) in [5.74, 6) is 0.583. The zero-order chi connectivity index (χ0) is 19.1. The van der Waals surface area contributed by atoms with Gasteiger partial charge < -0.3 is 17.0 Å². The fourth-order valence-electron chi connectivity index (χ4n) is 2.28. The lowest BCUT2D eigenvalue weighted by molar-refractivity contribution is 0.399. The molecule has 0 saturated carbocycles. The Kier molecular flexibility index (Phi) is 9.62. The number of anilines is 1. The Morgan fingerprint density at radius 3 is 1.89 bits per heavy atom. The topological polar surface area (TPSA) is 107 Å². The van der Waals surface area contributed by atoms with Gasteiger partial charge in [0.15, 0.2) is 0 Å². The van der Waals surface area contributed by atoms with Crippen molar-refractivity contribution < 1.29 is 5.11 Å². The summed E-state index contributed by atoms with van der Waals surface area (Å²) >= 11 is 12.7. The Bertz CT molecular complexity index is 948. The minimum absolute atomic E-state index is 0. The van der Waals surface area contributed by atoms with Crippen molar-refractivity contribution in [1.82, 2.24) is 16.1 Å². The third-order valence-corrected chi connectivity index (χ3v) is 4.72. The fraction of sp³-hybridized carbons (Fsp3) is 0.0526. The zero-order valence-corrected chi connectivity index (χ0v) is 18.5. The second kappa shape index (κ2) is 11.2. The highest BCUT2D eigenvalue weighted by molar-refractivity contribution is 9.10. The second-order valence-corrected chi connectivity index (χ2v) is 7.22. The van der Waals surface area contributed by atoms with E-state index >= 15 is 0 Å². The van der Waals surface area contributed by atoms with E-state index in [1.807, 2.05) is 48.5 Å². The van der Waals surface area contributed by atoms with Gasteiger partial charge in [-0.1, -0.05) is 49.5 Å². The number of aliphatic hydroxyl groups excluding tert-OH is 1. The maximum Gasteiger partial charge on any atom is 0.136 e. The van der Waals surface area contributed by atoms with Gasteiger partial charge in [-0.2, -0.15) is 0 Å². The van der Waals surface area contributed by atoms with Crippen molar-refractivity contribution in [3.63, 3.8) is 0 Å². The Hall–Kier alpha value is -1.77. The minimum Gasteiger partial charge on any atom is -0.400 e. The average Bonchev–Trinajstić information content (AvgIpc) is 2.64. The molecule has 2 heterocycles. The van der Waals surface area contributed by atoms with Crippen LogP contribution in [0.4, 0.5) is 5.82 Å². The summed E-state index contributed by atoms with van der Waals surface area (Å²) in [5.41, 5.74) is 5.68. The standard InChI is InChI=1S/C9H5BrClN.C9H7BrN2.CH4O.H3N/c2*10-7-1-2-8-6(5-7)3-4-12-9(8)11;1-2;/h1-5H;1-5H,(H2,11,12);2H,1H3;1H3. The van der Waals surface area contributed by atoms with Crippen molar-refractivity contribution in [2.24, 2.45) is 0 Å². The smallest absolute Gasteiger partial charge is 0.136 e. The summed E-state index contributed by atoms with van der Waals surface area (Å²) in [7, 11) is 1.00. The van der Waals surface area contributed by atoms with Crippen molar-refractivity contribution in [2.75, 3.05) is 12.8 Å². The number of hydrogen-bond acceptors (Lipinski definition) is 5. The molecule has 0 radical (unpaired) electrons. The molecular weight excluding hydrogens is 495 g/mol. The lowest BCUT2D eigenvalue weighted by Crippen LogP contribution is -1.89. The molecule has 4 aromatic rings. The number of halogens is 3. The largest absolute Gasteiger partial charge is 0.400 e. The van der Waals surface area contributed by atoms with Crippen LogP contribution in [-0.4, -0.2) is 22.2 Å². The summed E-state index contributed by atoms with van der Waals surface area (Å²) in [4.78, 5) is 7.99. The van der Waals surface area contributed by atoms with Crippen LogP contribution in [0.15, 0.2) is 69.9 Å². The predicted molar refractivity (Wildman–Crippen MR) is 121 cm³/mol. The van der Waals surface area contributed by atoms with E-state index in [-0.39, 0.29) is 6.15 Å². The Labute approximate surface area is 179 Å². The monoisotopic (exact) mass is 512 g/mol. The zero-order valence-electron chi connectivity index (χ0n) is 14.5. The molecule has 8 heteroatoms. The molecule has 0 aliphatic carbocycles. The van der Waals surface area contributed by atoms with Crippen LogP contribution in [0.3, 0.4) is 0 Å². The third-order valence-electron chi connectivity index (χ3n) is 3.44. The number of nitrogen functional groups attached to an aromatic ring is 1. The molecule has 0 bridgehead atoms. The maximum atomic E-state index is 7.00. The molecule has 5 nitrogen and oxygen atoms in total. The van der Waals surface area contributed by atoms with E-state index in [4.69, 9.17) is 22.4 Å². The van der Waals surface area contributed by atoms with Crippen LogP contribution < -0.4 is 11.9 Å². The average molecular weight is 515 g/mol. The number of fused-ring (bicyclic) bond motifs is 2. The van der Waals surface area contributed by atoms with Crippen molar-refractivity contribution in [2.45, 2.75) is 0 Å². The Morgan fingerprint density at radius 2 is 1.30 bits per heavy atom. The molecule has 6 N–H and O–H groups in total. The number of aliphatic hydroxyl groups is 1. The summed E-state index contributed by atoms with van der Waals surface area (Å²) in [5, 5.41) is 11.8.